The zero-order valence-corrected chi connectivity index (χ0v) is 17.2. The van der Waals surface area contributed by atoms with Crippen LogP contribution in [0.15, 0.2) is 59.8 Å². The fourth-order valence-corrected chi connectivity index (χ4v) is 4.65. The lowest BCUT2D eigenvalue weighted by atomic mass is 10.2. The quantitative estimate of drug-likeness (QED) is 0.434. The van der Waals surface area contributed by atoms with E-state index in [2.05, 4.69) is 49.7 Å². The second-order valence-corrected chi connectivity index (χ2v) is 8.13. The van der Waals surface area contributed by atoms with E-state index in [0.717, 1.165) is 32.5 Å². The molecule has 0 bridgehead atoms. The van der Waals surface area contributed by atoms with Crippen molar-refractivity contribution in [3.05, 3.63) is 82.5 Å². The van der Waals surface area contributed by atoms with Crippen molar-refractivity contribution in [3.63, 3.8) is 0 Å². The molecule has 0 spiro atoms. The number of halogens is 1. The number of rotatable bonds is 3. The van der Waals surface area contributed by atoms with E-state index < -0.39 is 5.82 Å². The summed E-state index contributed by atoms with van der Waals surface area (Å²) in [7, 11) is 0. The van der Waals surface area contributed by atoms with Crippen LogP contribution in [0.1, 0.15) is 30.3 Å². The molecule has 4 heterocycles. The van der Waals surface area contributed by atoms with Gasteiger partial charge < -0.3 is 9.13 Å². The van der Waals surface area contributed by atoms with Gasteiger partial charge in [0.15, 0.2) is 11.6 Å². The number of nitrogens with zero attached hydrogens (tertiary/aromatic N) is 5. The van der Waals surface area contributed by atoms with Gasteiger partial charge in [0.25, 0.3) is 5.56 Å². The molecule has 31 heavy (non-hydrogen) atoms. The summed E-state index contributed by atoms with van der Waals surface area (Å²) in [6.45, 7) is 3.91. The molecule has 0 unspecified atom stereocenters. The van der Waals surface area contributed by atoms with Gasteiger partial charge in [-0.2, -0.15) is 9.78 Å². The number of aromatic nitrogens is 5. The van der Waals surface area contributed by atoms with Crippen LogP contribution >= 0.6 is 0 Å². The van der Waals surface area contributed by atoms with Crippen molar-refractivity contribution < 1.29 is 4.39 Å². The molecular weight excluding hydrogens is 393 g/mol. The summed E-state index contributed by atoms with van der Waals surface area (Å²) in [6, 6.07) is 11.8. The first-order chi connectivity index (χ1) is 15.1. The summed E-state index contributed by atoms with van der Waals surface area (Å²) in [5.74, 6) is -0.681. The topological polar surface area (TPSA) is 57.6 Å². The molecule has 0 amide bonds. The maximum absolute atomic E-state index is 14.3. The molecule has 154 valence electrons. The Bertz CT molecular complexity index is 1550. The summed E-state index contributed by atoms with van der Waals surface area (Å²) in [5, 5.41) is 6.65. The first-order valence-electron chi connectivity index (χ1n) is 10.4. The lowest BCUT2D eigenvalue weighted by Gasteiger charge is -2.12. The second-order valence-electron chi connectivity index (χ2n) is 8.13. The number of pyridine rings is 1. The monoisotopic (exact) mass is 413 g/mol. The number of hydrogen-bond acceptors (Lipinski definition) is 3. The summed E-state index contributed by atoms with van der Waals surface area (Å²) >= 11 is 0. The van der Waals surface area contributed by atoms with Crippen LogP contribution in [0.4, 0.5) is 4.39 Å². The van der Waals surface area contributed by atoms with E-state index in [1.54, 1.807) is 6.20 Å². The molecule has 0 aliphatic heterocycles. The van der Waals surface area contributed by atoms with Gasteiger partial charge in [0.05, 0.1) is 22.8 Å². The van der Waals surface area contributed by atoms with Gasteiger partial charge in [-0.25, -0.2) is 9.37 Å². The number of benzene rings is 1. The maximum Gasteiger partial charge on any atom is 0.282 e. The van der Waals surface area contributed by atoms with Crippen LogP contribution in [-0.4, -0.2) is 23.9 Å². The van der Waals surface area contributed by atoms with Gasteiger partial charge in [-0.05, 0) is 57.0 Å². The Kier molecular flexibility index (Phi) is 3.72. The average molecular weight is 413 g/mol. The largest absolute Gasteiger partial charge is 0.344 e. The van der Waals surface area contributed by atoms with Crippen LogP contribution < -0.4 is 5.56 Å². The van der Waals surface area contributed by atoms with Crippen molar-refractivity contribution in [2.24, 2.45) is 0 Å². The van der Waals surface area contributed by atoms with Crippen molar-refractivity contribution in [2.75, 3.05) is 0 Å². The van der Waals surface area contributed by atoms with Crippen molar-refractivity contribution in [2.45, 2.75) is 32.7 Å². The van der Waals surface area contributed by atoms with E-state index >= 15 is 0 Å². The van der Waals surface area contributed by atoms with E-state index in [1.165, 1.54) is 36.7 Å². The molecule has 0 saturated heterocycles. The van der Waals surface area contributed by atoms with Crippen molar-refractivity contribution >= 4 is 21.7 Å². The molecule has 0 radical (unpaired) electrons. The highest BCUT2D eigenvalue weighted by Gasteiger charge is 2.25. The Labute approximate surface area is 177 Å². The van der Waals surface area contributed by atoms with Crippen molar-refractivity contribution in [1.29, 1.82) is 0 Å². The smallest absolute Gasteiger partial charge is 0.282 e. The minimum Gasteiger partial charge on any atom is -0.344 e. The van der Waals surface area contributed by atoms with Crippen LogP contribution in [-0.2, 0) is 0 Å². The van der Waals surface area contributed by atoms with Crippen molar-refractivity contribution in [1.82, 2.24) is 23.9 Å². The molecule has 1 aliphatic carbocycles. The zero-order chi connectivity index (χ0) is 21.3. The zero-order valence-electron chi connectivity index (χ0n) is 17.2. The first kappa shape index (κ1) is 18.1. The number of hydrogen-bond donors (Lipinski definition) is 0. The summed E-state index contributed by atoms with van der Waals surface area (Å²) in [6.07, 6.45) is 7.66. The van der Waals surface area contributed by atoms with Gasteiger partial charge in [-0.1, -0.05) is 6.07 Å². The van der Waals surface area contributed by atoms with Crippen LogP contribution in [0.3, 0.4) is 0 Å². The van der Waals surface area contributed by atoms with Gasteiger partial charge in [-0.3, -0.25) is 4.79 Å². The fraction of sp³-hybridized carbons (Fsp3) is 0.208. The molecule has 1 fully saturated rings. The molecular formula is C24H20FN5O. The lowest BCUT2D eigenvalue weighted by Crippen LogP contribution is -2.23. The third-order valence-electron chi connectivity index (χ3n) is 6.26. The molecule has 6 nitrogen and oxygen atoms in total. The van der Waals surface area contributed by atoms with Gasteiger partial charge in [-0.15, -0.1) is 0 Å². The second kappa shape index (κ2) is 6.38. The highest BCUT2D eigenvalue weighted by atomic mass is 19.1. The van der Waals surface area contributed by atoms with Gasteiger partial charge in [0.2, 0.25) is 0 Å². The molecule has 1 saturated carbocycles. The predicted molar refractivity (Wildman–Crippen MR) is 118 cm³/mol. The predicted octanol–water partition coefficient (Wildman–Crippen LogP) is 4.62. The van der Waals surface area contributed by atoms with Crippen LogP contribution in [0.5, 0.6) is 0 Å². The highest BCUT2D eigenvalue weighted by Crippen LogP contribution is 2.39. The minimum absolute atomic E-state index is 0.0946. The molecule has 0 N–H and O–H groups in total. The summed E-state index contributed by atoms with van der Waals surface area (Å²) < 4.78 is 19.8. The Morgan fingerprint density at radius 2 is 1.87 bits per heavy atom. The Morgan fingerprint density at radius 3 is 2.65 bits per heavy atom. The van der Waals surface area contributed by atoms with Crippen molar-refractivity contribution in [3.8, 4) is 11.5 Å². The SMILES string of the molecule is Cc1c2cnn(-c3ncccc3F)c(=O)c2c(C)n1-c1cccc2c1ccn2C1CC1. The Hall–Kier alpha value is -3.74. The van der Waals surface area contributed by atoms with Crippen LogP contribution in [0.2, 0.25) is 0 Å². The van der Waals surface area contributed by atoms with E-state index in [-0.39, 0.29) is 11.4 Å². The Morgan fingerprint density at radius 1 is 1.03 bits per heavy atom. The third kappa shape index (κ3) is 2.52. The molecule has 5 aromatic rings. The Balaban J connectivity index is 1.63. The molecule has 1 aliphatic rings. The first-order valence-corrected chi connectivity index (χ1v) is 10.4. The minimum atomic E-state index is -0.587. The third-order valence-corrected chi connectivity index (χ3v) is 6.26. The van der Waals surface area contributed by atoms with E-state index in [1.807, 2.05) is 13.8 Å². The number of fused-ring (bicyclic) bond motifs is 2. The van der Waals surface area contributed by atoms with Gasteiger partial charge >= 0.3 is 0 Å². The van der Waals surface area contributed by atoms with Gasteiger partial charge in [0.1, 0.15) is 0 Å². The lowest BCUT2D eigenvalue weighted by molar-refractivity contribution is 0.595. The molecule has 0 atom stereocenters. The average Bonchev–Trinajstić information content (AvgIpc) is 3.46. The van der Waals surface area contributed by atoms with E-state index in [9.17, 15) is 9.18 Å². The van der Waals surface area contributed by atoms with E-state index in [4.69, 9.17) is 0 Å². The summed E-state index contributed by atoms with van der Waals surface area (Å²) in [5.41, 5.74) is 3.58. The normalized spacial score (nSPS) is 14.0. The fourth-order valence-electron chi connectivity index (χ4n) is 4.65. The maximum atomic E-state index is 14.3. The number of aryl methyl sites for hydroxylation is 2. The molecule has 7 heteroatoms. The standard InChI is InChI=1S/C24H20FN5O/c1-14-18-13-27-30(23-19(25)5-4-11-26-23)24(31)22(18)15(2)29(14)21-7-3-6-20-17(21)10-12-28(20)16-8-9-16/h3-7,10-13,16H,8-9H2,1-2H3. The van der Waals surface area contributed by atoms with Crippen LogP contribution in [0, 0.1) is 19.7 Å². The molecule has 6 rings (SSSR count). The summed E-state index contributed by atoms with van der Waals surface area (Å²) in [4.78, 5) is 17.4. The van der Waals surface area contributed by atoms with Crippen LogP contribution in [0.25, 0.3) is 33.2 Å². The molecule has 1 aromatic carbocycles. The molecule has 4 aromatic heterocycles. The highest BCUT2D eigenvalue weighted by molar-refractivity contribution is 5.93. The van der Waals surface area contributed by atoms with E-state index in [0.29, 0.717) is 11.4 Å². The van der Waals surface area contributed by atoms with Gasteiger partial charge in [0, 0.05) is 40.6 Å².